The molecule has 1 aliphatic rings. The number of halogens is 1. The van der Waals surface area contributed by atoms with Gasteiger partial charge in [-0.1, -0.05) is 34.1 Å². The van der Waals surface area contributed by atoms with Gasteiger partial charge in [0, 0.05) is 42.8 Å². The minimum absolute atomic E-state index is 0.00181. The minimum atomic E-state index is -0.398. The van der Waals surface area contributed by atoms with Crippen molar-refractivity contribution in [1.82, 2.24) is 9.80 Å². The smallest absolute Gasteiger partial charge is 0.337 e. The number of carbonyl (C=O) groups excluding carboxylic acids is 2. The monoisotopic (exact) mass is 416 g/mol. The van der Waals surface area contributed by atoms with E-state index in [-0.39, 0.29) is 5.91 Å². The van der Waals surface area contributed by atoms with Crippen molar-refractivity contribution in [3.63, 3.8) is 0 Å². The Bertz CT molecular complexity index is 784. The molecule has 0 bridgehead atoms. The van der Waals surface area contributed by atoms with E-state index in [1.54, 1.807) is 24.3 Å². The molecule has 0 spiro atoms. The van der Waals surface area contributed by atoms with Crippen molar-refractivity contribution in [3.8, 4) is 0 Å². The summed E-state index contributed by atoms with van der Waals surface area (Å²) in [7, 11) is 1.34. The maximum Gasteiger partial charge on any atom is 0.337 e. The number of amides is 1. The molecule has 5 nitrogen and oxygen atoms in total. The summed E-state index contributed by atoms with van der Waals surface area (Å²) in [4.78, 5) is 28.3. The molecular formula is C20H21BrN2O3. The zero-order valence-electron chi connectivity index (χ0n) is 14.7. The lowest BCUT2D eigenvalue weighted by atomic mass is 10.1. The Kier molecular flexibility index (Phi) is 6.06. The van der Waals surface area contributed by atoms with Crippen LogP contribution in [0.2, 0.25) is 0 Å². The number of benzene rings is 2. The Morgan fingerprint density at radius 2 is 1.58 bits per heavy atom. The Hall–Kier alpha value is -2.18. The summed E-state index contributed by atoms with van der Waals surface area (Å²) in [6.45, 7) is 3.95. The number of hydrogen-bond acceptors (Lipinski definition) is 4. The molecule has 1 aliphatic heterocycles. The second-order valence-corrected chi connectivity index (χ2v) is 7.08. The molecule has 1 saturated heterocycles. The lowest BCUT2D eigenvalue weighted by Crippen LogP contribution is -2.48. The molecule has 2 aromatic rings. The van der Waals surface area contributed by atoms with Gasteiger partial charge in [-0.25, -0.2) is 4.79 Å². The van der Waals surface area contributed by atoms with Gasteiger partial charge in [0.2, 0.25) is 0 Å². The van der Waals surface area contributed by atoms with E-state index in [9.17, 15) is 9.59 Å². The standard InChI is InChI=1S/C20H21BrN2O3/c1-26-20(25)16-8-6-15(7-9-16)19(24)23-12-10-22(11-13-23)14-17-4-2-3-5-18(17)21/h2-9H,10-14H2,1H3. The van der Waals surface area contributed by atoms with Gasteiger partial charge in [0.1, 0.15) is 0 Å². The Morgan fingerprint density at radius 1 is 0.962 bits per heavy atom. The van der Waals surface area contributed by atoms with E-state index in [1.807, 2.05) is 23.1 Å². The summed E-state index contributed by atoms with van der Waals surface area (Å²) in [6, 6.07) is 14.8. The fourth-order valence-corrected chi connectivity index (χ4v) is 3.44. The van der Waals surface area contributed by atoms with Gasteiger partial charge in [0.25, 0.3) is 5.91 Å². The highest BCUT2D eigenvalue weighted by Gasteiger charge is 2.22. The van der Waals surface area contributed by atoms with Gasteiger partial charge in [0.05, 0.1) is 12.7 Å². The van der Waals surface area contributed by atoms with Gasteiger partial charge in [-0.05, 0) is 35.9 Å². The number of hydrogen-bond donors (Lipinski definition) is 0. The largest absolute Gasteiger partial charge is 0.465 e. The Balaban J connectivity index is 1.56. The molecule has 136 valence electrons. The number of methoxy groups -OCH3 is 1. The summed E-state index contributed by atoms with van der Waals surface area (Å²) in [6.07, 6.45) is 0. The first-order valence-electron chi connectivity index (χ1n) is 8.52. The van der Waals surface area contributed by atoms with Crippen molar-refractivity contribution in [1.29, 1.82) is 0 Å². The quantitative estimate of drug-likeness (QED) is 0.718. The summed E-state index contributed by atoms with van der Waals surface area (Å²) in [5.74, 6) is -0.397. The molecule has 0 atom stereocenters. The Labute approximate surface area is 161 Å². The van der Waals surface area contributed by atoms with Crippen molar-refractivity contribution >= 4 is 27.8 Å². The third kappa shape index (κ3) is 4.31. The first-order valence-corrected chi connectivity index (χ1v) is 9.31. The molecule has 0 radical (unpaired) electrons. The van der Waals surface area contributed by atoms with Crippen LogP contribution < -0.4 is 0 Å². The van der Waals surface area contributed by atoms with E-state index in [4.69, 9.17) is 0 Å². The SMILES string of the molecule is COC(=O)c1ccc(C(=O)N2CCN(Cc3ccccc3Br)CC2)cc1. The van der Waals surface area contributed by atoms with Crippen LogP contribution in [0.3, 0.4) is 0 Å². The molecule has 1 heterocycles. The summed E-state index contributed by atoms with van der Waals surface area (Å²) >= 11 is 3.59. The van der Waals surface area contributed by atoms with E-state index in [2.05, 4.69) is 31.6 Å². The number of nitrogens with zero attached hydrogens (tertiary/aromatic N) is 2. The lowest BCUT2D eigenvalue weighted by Gasteiger charge is -2.35. The maximum absolute atomic E-state index is 12.7. The van der Waals surface area contributed by atoms with E-state index < -0.39 is 5.97 Å². The zero-order valence-corrected chi connectivity index (χ0v) is 16.2. The van der Waals surface area contributed by atoms with Crippen LogP contribution >= 0.6 is 15.9 Å². The summed E-state index contributed by atoms with van der Waals surface area (Å²) in [5.41, 5.74) is 2.30. The van der Waals surface area contributed by atoms with Crippen LogP contribution in [-0.2, 0) is 11.3 Å². The highest BCUT2D eigenvalue weighted by molar-refractivity contribution is 9.10. The fraction of sp³-hybridized carbons (Fsp3) is 0.300. The van der Waals surface area contributed by atoms with E-state index in [0.29, 0.717) is 24.2 Å². The highest BCUT2D eigenvalue weighted by Crippen LogP contribution is 2.19. The number of esters is 1. The van der Waals surface area contributed by atoms with Gasteiger partial charge in [-0.15, -0.1) is 0 Å². The second-order valence-electron chi connectivity index (χ2n) is 6.23. The number of carbonyl (C=O) groups is 2. The minimum Gasteiger partial charge on any atom is -0.465 e. The second kappa shape index (κ2) is 8.47. The van der Waals surface area contributed by atoms with Gasteiger partial charge >= 0.3 is 5.97 Å². The highest BCUT2D eigenvalue weighted by atomic mass is 79.9. The van der Waals surface area contributed by atoms with Crippen molar-refractivity contribution in [2.24, 2.45) is 0 Å². The van der Waals surface area contributed by atoms with Crippen LogP contribution in [-0.4, -0.2) is 55.0 Å². The molecule has 0 unspecified atom stereocenters. The number of ether oxygens (including phenoxy) is 1. The third-order valence-corrected chi connectivity index (χ3v) is 5.34. The first kappa shape index (κ1) is 18.6. The van der Waals surface area contributed by atoms with Crippen LogP contribution in [0.1, 0.15) is 26.3 Å². The lowest BCUT2D eigenvalue weighted by molar-refractivity contribution is 0.0596. The van der Waals surface area contributed by atoms with E-state index in [0.717, 1.165) is 24.1 Å². The molecule has 1 fully saturated rings. The van der Waals surface area contributed by atoms with Crippen LogP contribution in [0.5, 0.6) is 0 Å². The van der Waals surface area contributed by atoms with Crippen LogP contribution in [0.4, 0.5) is 0 Å². The molecule has 0 N–H and O–H groups in total. The molecule has 6 heteroatoms. The van der Waals surface area contributed by atoms with Gasteiger partial charge in [-0.2, -0.15) is 0 Å². The average molecular weight is 417 g/mol. The fourth-order valence-electron chi connectivity index (χ4n) is 3.03. The van der Waals surface area contributed by atoms with Gasteiger partial charge in [0.15, 0.2) is 0 Å². The average Bonchev–Trinajstić information content (AvgIpc) is 2.69. The third-order valence-electron chi connectivity index (χ3n) is 4.56. The van der Waals surface area contributed by atoms with Gasteiger partial charge in [-0.3, -0.25) is 9.69 Å². The number of rotatable bonds is 4. The van der Waals surface area contributed by atoms with E-state index >= 15 is 0 Å². The normalized spacial score (nSPS) is 14.9. The first-order chi connectivity index (χ1) is 12.6. The van der Waals surface area contributed by atoms with Crippen molar-refractivity contribution in [2.75, 3.05) is 33.3 Å². The Morgan fingerprint density at radius 3 is 2.19 bits per heavy atom. The van der Waals surface area contributed by atoms with Crippen LogP contribution in [0, 0.1) is 0 Å². The molecule has 0 aliphatic carbocycles. The zero-order chi connectivity index (χ0) is 18.5. The maximum atomic E-state index is 12.7. The molecule has 26 heavy (non-hydrogen) atoms. The topological polar surface area (TPSA) is 49.9 Å². The molecule has 1 amide bonds. The predicted octanol–water partition coefficient (Wildman–Crippen LogP) is 3.19. The molecule has 0 saturated carbocycles. The van der Waals surface area contributed by atoms with E-state index in [1.165, 1.54) is 12.7 Å². The predicted molar refractivity (Wildman–Crippen MR) is 103 cm³/mol. The van der Waals surface area contributed by atoms with Crippen molar-refractivity contribution in [2.45, 2.75) is 6.54 Å². The summed E-state index contributed by atoms with van der Waals surface area (Å²) in [5, 5.41) is 0. The van der Waals surface area contributed by atoms with Crippen LogP contribution in [0.25, 0.3) is 0 Å². The van der Waals surface area contributed by atoms with Crippen molar-refractivity contribution in [3.05, 3.63) is 69.7 Å². The van der Waals surface area contributed by atoms with Gasteiger partial charge < -0.3 is 9.64 Å². The number of piperazine rings is 1. The molecule has 0 aromatic heterocycles. The summed E-state index contributed by atoms with van der Waals surface area (Å²) < 4.78 is 5.79. The molecule has 3 rings (SSSR count). The van der Waals surface area contributed by atoms with Crippen LogP contribution in [0.15, 0.2) is 53.0 Å². The van der Waals surface area contributed by atoms with Crippen molar-refractivity contribution < 1.29 is 14.3 Å². The molecular weight excluding hydrogens is 396 g/mol. The molecule has 2 aromatic carbocycles.